The van der Waals surface area contributed by atoms with Gasteiger partial charge in [0.1, 0.15) is 5.82 Å². The van der Waals surface area contributed by atoms with Crippen LogP contribution in [0.3, 0.4) is 0 Å². The van der Waals surface area contributed by atoms with Crippen molar-refractivity contribution in [3.05, 3.63) is 41.8 Å². The van der Waals surface area contributed by atoms with Crippen LogP contribution in [0.1, 0.15) is 45.5 Å². The van der Waals surface area contributed by atoms with Crippen LogP contribution in [-0.2, 0) is 18.8 Å². The van der Waals surface area contributed by atoms with Crippen LogP contribution in [0.2, 0.25) is 0 Å². The number of aromatic nitrogens is 2. The van der Waals surface area contributed by atoms with Gasteiger partial charge in [0.15, 0.2) is 0 Å². The quantitative estimate of drug-likeness (QED) is 0.641. The summed E-state index contributed by atoms with van der Waals surface area (Å²) in [5, 5.41) is 7.08. The van der Waals surface area contributed by atoms with Gasteiger partial charge in [0, 0.05) is 5.82 Å². The Kier molecular flexibility index (Phi) is 5.14. The van der Waals surface area contributed by atoms with Crippen molar-refractivity contribution in [3.8, 4) is 11.3 Å². The molecule has 2 heterocycles. The summed E-state index contributed by atoms with van der Waals surface area (Å²) < 4.78 is 30.5. The summed E-state index contributed by atoms with van der Waals surface area (Å²) in [6.45, 7) is 7.83. The van der Waals surface area contributed by atoms with Crippen molar-refractivity contribution in [1.82, 2.24) is 10.2 Å². The van der Waals surface area contributed by atoms with Crippen LogP contribution in [0.5, 0.6) is 0 Å². The van der Waals surface area contributed by atoms with Crippen molar-refractivity contribution in [3.63, 3.8) is 0 Å². The summed E-state index contributed by atoms with van der Waals surface area (Å²) in [4.78, 5) is 12.1. The van der Waals surface area contributed by atoms with Crippen LogP contribution in [0.25, 0.3) is 11.3 Å². The molecule has 1 unspecified atom stereocenters. The Morgan fingerprint density at radius 3 is 2.37 bits per heavy atom. The van der Waals surface area contributed by atoms with Crippen molar-refractivity contribution in [2.75, 3.05) is 7.11 Å². The van der Waals surface area contributed by atoms with Crippen molar-refractivity contribution >= 4 is 13.1 Å². The monoisotopic (exact) mass is 374 g/mol. The molecular weight excluding hydrogens is 350 g/mol. The Labute approximate surface area is 158 Å². The average Bonchev–Trinajstić information content (AvgIpc) is 3.15. The molecule has 1 N–H and O–H groups in total. The molecule has 0 amide bonds. The number of methoxy groups -OCH3 is 1. The van der Waals surface area contributed by atoms with E-state index < -0.39 is 24.1 Å². The molecule has 1 aromatic carbocycles. The molecule has 1 atom stereocenters. The van der Waals surface area contributed by atoms with E-state index in [2.05, 4.69) is 10.2 Å². The number of hydrogen-bond donors (Lipinski definition) is 1. The van der Waals surface area contributed by atoms with E-state index in [9.17, 15) is 9.18 Å². The number of nitrogens with one attached hydrogen (secondary N) is 1. The topological polar surface area (TPSA) is 73.4 Å². The van der Waals surface area contributed by atoms with E-state index in [1.165, 1.54) is 19.2 Å². The number of aromatic amines is 1. The summed E-state index contributed by atoms with van der Waals surface area (Å²) in [6.07, 6.45) is 1.72. The molecule has 0 bridgehead atoms. The maximum atomic E-state index is 13.3. The number of esters is 1. The molecule has 3 rings (SSSR count). The molecule has 2 aromatic rings. The highest BCUT2D eigenvalue weighted by atomic mass is 19.1. The van der Waals surface area contributed by atoms with Gasteiger partial charge in [-0.05, 0) is 63.1 Å². The third-order valence-electron chi connectivity index (χ3n) is 5.42. The Morgan fingerprint density at radius 2 is 1.81 bits per heavy atom. The van der Waals surface area contributed by atoms with Crippen molar-refractivity contribution in [2.45, 2.75) is 51.1 Å². The summed E-state index contributed by atoms with van der Waals surface area (Å²) >= 11 is 0. The Bertz CT molecular complexity index is 803. The predicted octanol–water partition coefficient (Wildman–Crippen LogP) is 3.49. The second-order valence-electron chi connectivity index (χ2n) is 7.72. The molecule has 1 aliphatic heterocycles. The molecule has 6 nitrogen and oxygen atoms in total. The minimum atomic E-state index is -0.647. The van der Waals surface area contributed by atoms with Gasteiger partial charge in [0.2, 0.25) is 0 Å². The van der Waals surface area contributed by atoms with Crippen LogP contribution in [0, 0.1) is 5.82 Å². The largest absolute Gasteiger partial charge is 0.469 e. The lowest BCUT2D eigenvalue weighted by molar-refractivity contribution is -0.140. The lowest BCUT2D eigenvalue weighted by Gasteiger charge is -2.32. The average molecular weight is 374 g/mol. The molecule has 144 valence electrons. The number of carbonyl (C=O) groups is 1. The van der Waals surface area contributed by atoms with E-state index in [1.807, 2.05) is 27.7 Å². The zero-order chi connectivity index (χ0) is 19.8. The standard InChI is InChI=1S/C19H24BFN2O4/c1-18(2)19(3,4)27-20(26-18)15(10-16(24)25-5)14-11-22-23-17(14)12-6-8-13(21)9-7-12/h6-9,11,15H,10H2,1-5H3,(H,22,23). The van der Waals surface area contributed by atoms with E-state index in [1.54, 1.807) is 18.3 Å². The van der Waals surface area contributed by atoms with Gasteiger partial charge in [-0.2, -0.15) is 5.10 Å². The van der Waals surface area contributed by atoms with E-state index in [0.717, 1.165) is 11.1 Å². The van der Waals surface area contributed by atoms with Gasteiger partial charge in [0.25, 0.3) is 0 Å². The second kappa shape index (κ2) is 7.09. The zero-order valence-electron chi connectivity index (χ0n) is 16.2. The number of ether oxygens (including phenoxy) is 1. The first-order chi connectivity index (χ1) is 12.6. The molecule has 0 saturated carbocycles. The first-order valence-electron chi connectivity index (χ1n) is 8.86. The number of benzene rings is 1. The fraction of sp³-hybridized carbons (Fsp3) is 0.474. The minimum Gasteiger partial charge on any atom is -0.469 e. The summed E-state index contributed by atoms with van der Waals surface area (Å²) in [7, 11) is 0.700. The predicted molar refractivity (Wildman–Crippen MR) is 99.4 cm³/mol. The summed E-state index contributed by atoms with van der Waals surface area (Å²) in [5.74, 6) is -1.13. The summed E-state index contributed by atoms with van der Waals surface area (Å²) in [5.41, 5.74) is 1.14. The van der Waals surface area contributed by atoms with Crippen LogP contribution in [0.15, 0.2) is 30.5 Å². The smallest absolute Gasteiger partial charge is 0.466 e. The van der Waals surface area contributed by atoms with Crippen LogP contribution in [-0.4, -0.2) is 41.6 Å². The lowest BCUT2D eigenvalue weighted by atomic mass is 9.66. The number of hydrogen-bond acceptors (Lipinski definition) is 5. The van der Waals surface area contributed by atoms with Crippen LogP contribution in [0.4, 0.5) is 4.39 Å². The normalized spacial score (nSPS) is 19.1. The number of nitrogens with zero attached hydrogens (tertiary/aromatic N) is 1. The Balaban J connectivity index is 1.99. The third-order valence-corrected chi connectivity index (χ3v) is 5.42. The molecule has 8 heteroatoms. The van der Waals surface area contributed by atoms with Gasteiger partial charge in [-0.3, -0.25) is 9.89 Å². The number of carbonyl (C=O) groups excluding carboxylic acids is 1. The first-order valence-corrected chi connectivity index (χ1v) is 8.86. The molecule has 0 radical (unpaired) electrons. The fourth-order valence-electron chi connectivity index (χ4n) is 3.09. The molecule has 0 spiro atoms. The van der Waals surface area contributed by atoms with Crippen molar-refractivity contribution in [1.29, 1.82) is 0 Å². The summed E-state index contributed by atoms with van der Waals surface area (Å²) in [6, 6.07) is 6.08. The highest BCUT2D eigenvalue weighted by Crippen LogP contribution is 2.43. The van der Waals surface area contributed by atoms with E-state index in [-0.39, 0.29) is 18.2 Å². The molecule has 1 aromatic heterocycles. The van der Waals surface area contributed by atoms with Gasteiger partial charge in [-0.15, -0.1) is 0 Å². The second-order valence-corrected chi connectivity index (χ2v) is 7.72. The highest BCUT2D eigenvalue weighted by Gasteiger charge is 2.54. The maximum absolute atomic E-state index is 13.3. The van der Waals surface area contributed by atoms with Crippen LogP contribution >= 0.6 is 0 Å². The fourth-order valence-corrected chi connectivity index (χ4v) is 3.09. The van der Waals surface area contributed by atoms with Crippen LogP contribution < -0.4 is 0 Å². The molecule has 1 fully saturated rings. The molecule has 1 saturated heterocycles. The Morgan fingerprint density at radius 1 is 1.22 bits per heavy atom. The number of rotatable bonds is 5. The number of H-pyrrole nitrogens is 1. The van der Waals surface area contributed by atoms with Crippen molar-refractivity contribution in [2.24, 2.45) is 0 Å². The zero-order valence-corrected chi connectivity index (χ0v) is 16.2. The Hall–Kier alpha value is -2.19. The molecule has 27 heavy (non-hydrogen) atoms. The molecule has 1 aliphatic rings. The molecule has 0 aliphatic carbocycles. The van der Waals surface area contributed by atoms with Gasteiger partial charge < -0.3 is 14.0 Å². The third kappa shape index (κ3) is 3.77. The highest BCUT2D eigenvalue weighted by molar-refractivity contribution is 6.48. The lowest BCUT2D eigenvalue weighted by Crippen LogP contribution is -2.41. The van der Waals surface area contributed by atoms with Gasteiger partial charge in [0.05, 0.1) is 36.6 Å². The van der Waals surface area contributed by atoms with Gasteiger partial charge in [-0.25, -0.2) is 4.39 Å². The minimum absolute atomic E-state index is 0.0705. The molecular formula is C19H24BFN2O4. The first kappa shape index (κ1) is 19.6. The van der Waals surface area contributed by atoms with E-state index in [0.29, 0.717) is 5.69 Å². The van der Waals surface area contributed by atoms with Gasteiger partial charge >= 0.3 is 13.1 Å². The van der Waals surface area contributed by atoms with Gasteiger partial charge in [-0.1, -0.05) is 0 Å². The van der Waals surface area contributed by atoms with E-state index in [4.69, 9.17) is 14.0 Å². The van der Waals surface area contributed by atoms with Crippen molar-refractivity contribution < 1.29 is 23.2 Å². The number of halogens is 1. The van der Waals surface area contributed by atoms with E-state index >= 15 is 0 Å². The SMILES string of the molecule is COC(=O)CC(B1OC(C)(C)C(C)(C)O1)c1cn[nH]c1-c1ccc(F)cc1. The maximum Gasteiger partial charge on any atom is 0.466 e.